The first kappa shape index (κ1) is 15.8. The van der Waals surface area contributed by atoms with E-state index in [1.807, 2.05) is 37.9 Å². The van der Waals surface area contributed by atoms with Crippen molar-refractivity contribution >= 4 is 21.8 Å². The molecule has 0 spiro atoms. The third-order valence-corrected chi connectivity index (χ3v) is 7.03. The summed E-state index contributed by atoms with van der Waals surface area (Å²) < 4.78 is 27.2. The summed E-state index contributed by atoms with van der Waals surface area (Å²) in [4.78, 5) is 0.399. The molecule has 1 aliphatic heterocycles. The van der Waals surface area contributed by atoms with Gasteiger partial charge in [-0.2, -0.15) is 16.1 Å². The predicted octanol–water partition coefficient (Wildman–Crippen LogP) is 1.92. The van der Waals surface area contributed by atoms with Crippen molar-refractivity contribution in [3.8, 4) is 0 Å². The minimum absolute atomic E-state index is 0.0340. The lowest BCUT2D eigenvalue weighted by Crippen LogP contribution is -2.47. The van der Waals surface area contributed by atoms with E-state index in [0.29, 0.717) is 23.2 Å². The molecule has 112 valence electrons. The zero-order valence-corrected chi connectivity index (χ0v) is 13.8. The van der Waals surface area contributed by atoms with Crippen LogP contribution in [-0.4, -0.2) is 43.4 Å². The number of nitrogens with one attached hydrogen (secondary N) is 1. The van der Waals surface area contributed by atoms with Crippen LogP contribution in [0.5, 0.6) is 0 Å². The Kier molecular flexibility index (Phi) is 5.12. The van der Waals surface area contributed by atoms with Gasteiger partial charge in [0.2, 0.25) is 10.0 Å². The van der Waals surface area contributed by atoms with Crippen molar-refractivity contribution in [2.45, 2.75) is 36.6 Å². The zero-order valence-electron chi connectivity index (χ0n) is 12.2. The van der Waals surface area contributed by atoms with Crippen LogP contribution in [0.15, 0.2) is 29.2 Å². The molecular formula is C14H22N2O2S2. The third-order valence-electron chi connectivity index (χ3n) is 3.71. The van der Waals surface area contributed by atoms with Gasteiger partial charge < -0.3 is 5.32 Å². The molecule has 0 saturated carbocycles. The van der Waals surface area contributed by atoms with Crippen LogP contribution in [0.3, 0.4) is 0 Å². The number of rotatable bonds is 4. The second-order valence-electron chi connectivity index (χ2n) is 5.11. The molecule has 0 amide bonds. The Balaban J connectivity index is 2.32. The molecule has 1 aromatic rings. The van der Waals surface area contributed by atoms with Crippen molar-refractivity contribution in [3.05, 3.63) is 29.8 Å². The summed E-state index contributed by atoms with van der Waals surface area (Å²) in [7, 11) is -1.54. The fourth-order valence-electron chi connectivity index (χ4n) is 2.40. The Morgan fingerprint density at radius 1 is 1.40 bits per heavy atom. The van der Waals surface area contributed by atoms with Gasteiger partial charge in [-0.25, -0.2) is 8.42 Å². The smallest absolute Gasteiger partial charge is 0.243 e. The Labute approximate surface area is 126 Å². The van der Waals surface area contributed by atoms with Gasteiger partial charge in [0.1, 0.15) is 0 Å². The first-order chi connectivity index (χ1) is 9.46. The van der Waals surface area contributed by atoms with Crippen molar-refractivity contribution in [3.63, 3.8) is 0 Å². The molecule has 4 nitrogen and oxygen atoms in total. The molecule has 20 heavy (non-hydrogen) atoms. The van der Waals surface area contributed by atoms with Gasteiger partial charge in [0.05, 0.1) is 4.90 Å². The molecule has 0 bridgehead atoms. The molecule has 0 aromatic heterocycles. The maximum Gasteiger partial charge on any atom is 0.243 e. The third kappa shape index (κ3) is 3.19. The van der Waals surface area contributed by atoms with Crippen molar-refractivity contribution in [2.75, 3.05) is 19.3 Å². The van der Waals surface area contributed by atoms with Gasteiger partial charge in [-0.3, -0.25) is 0 Å². The minimum Gasteiger partial charge on any atom is -0.316 e. The summed E-state index contributed by atoms with van der Waals surface area (Å²) in [6.07, 6.45) is 0. The maximum atomic E-state index is 12.8. The van der Waals surface area contributed by atoms with E-state index in [9.17, 15) is 8.42 Å². The SMILES string of the molecule is CNCc1cccc(S(=O)(=O)N2CCSC(C)C2C)c1. The Morgan fingerprint density at radius 3 is 2.85 bits per heavy atom. The molecule has 1 heterocycles. The maximum absolute atomic E-state index is 12.8. The van der Waals surface area contributed by atoms with E-state index >= 15 is 0 Å². The molecule has 0 radical (unpaired) electrons. The number of sulfonamides is 1. The summed E-state index contributed by atoms with van der Waals surface area (Å²) in [5.74, 6) is 0.862. The zero-order chi connectivity index (χ0) is 14.8. The van der Waals surface area contributed by atoms with Gasteiger partial charge in [0, 0.05) is 30.1 Å². The van der Waals surface area contributed by atoms with E-state index < -0.39 is 10.0 Å². The molecule has 1 aliphatic rings. The Bertz CT molecular complexity index is 560. The molecule has 1 saturated heterocycles. The Hall–Kier alpha value is -0.560. The monoisotopic (exact) mass is 314 g/mol. The molecular weight excluding hydrogens is 292 g/mol. The lowest BCUT2D eigenvalue weighted by molar-refractivity contribution is 0.340. The van der Waals surface area contributed by atoms with Crippen LogP contribution in [0, 0.1) is 0 Å². The Morgan fingerprint density at radius 2 is 2.15 bits per heavy atom. The van der Waals surface area contributed by atoms with Crippen molar-refractivity contribution in [1.29, 1.82) is 0 Å². The quantitative estimate of drug-likeness (QED) is 0.922. The summed E-state index contributed by atoms with van der Waals surface area (Å²) in [5, 5.41) is 3.38. The van der Waals surface area contributed by atoms with Crippen LogP contribution in [0.1, 0.15) is 19.4 Å². The highest BCUT2D eigenvalue weighted by Crippen LogP contribution is 2.29. The minimum atomic E-state index is -3.39. The fourth-order valence-corrected chi connectivity index (χ4v) is 5.47. The lowest BCUT2D eigenvalue weighted by atomic mass is 10.2. The lowest BCUT2D eigenvalue weighted by Gasteiger charge is -2.36. The summed E-state index contributed by atoms with van der Waals surface area (Å²) in [6.45, 7) is 5.35. The summed E-state index contributed by atoms with van der Waals surface area (Å²) >= 11 is 1.84. The molecule has 0 aliphatic carbocycles. The highest BCUT2D eigenvalue weighted by atomic mass is 32.2. The fraction of sp³-hybridized carbons (Fsp3) is 0.571. The van der Waals surface area contributed by atoms with Crippen LogP contribution in [-0.2, 0) is 16.6 Å². The summed E-state index contributed by atoms with van der Waals surface area (Å²) in [5.41, 5.74) is 0.987. The van der Waals surface area contributed by atoms with Gasteiger partial charge in [0.15, 0.2) is 0 Å². The highest BCUT2D eigenvalue weighted by molar-refractivity contribution is 8.00. The second kappa shape index (κ2) is 6.47. The number of hydrogen-bond acceptors (Lipinski definition) is 4. The molecule has 1 fully saturated rings. The van der Waals surface area contributed by atoms with Crippen LogP contribution < -0.4 is 5.32 Å². The van der Waals surface area contributed by atoms with Gasteiger partial charge in [-0.05, 0) is 31.7 Å². The van der Waals surface area contributed by atoms with Crippen LogP contribution in [0.2, 0.25) is 0 Å². The van der Waals surface area contributed by atoms with Crippen molar-refractivity contribution in [2.24, 2.45) is 0 Å². The first-order valence-corrected chi connectivity index (χ1v) is 9.32. The van der Waals surface area contributed by atoms with Crippen molar-refractivity contribution < 1.29 is 8.42 Å². The van der Waals surface area contributed by atoms with Gasteiger partial charge in [-0.15, -0.1) is 0 Å². The van der Waals surface area contributed by atoms with Gasteiger partial charge >= 0.3 is 0 Å². The average Bonchev–Trinajstić information content (AvgIpc) is 2.42. The number of thioether (sulfide) groups is 1. The predicted molar refractivity (Wildman–Crippen MR) is 84.5 cm³/mol. The van der Waals surface area contributed by atoms with Crippen molar-refractivity contribution in [1.82, 2.24) is 9.62 Å². The van der Waals surface area contributed by atoms with Crippen LogP contribution in [0.25, 0.3) is 0 Å². The molecule has 2 rings (SSSR count). The largest absolute Gasteiger partial charge is 0.316 e. The standard InChI is InChI=1S/C14H22N2O2S2/c1-11-12(2)19-8-7-16(11)20(17,18)14-6-4-5-13(9-14)10-15-3/h4-6,9,11-12,15H,7-8,10H2,1-3H3. The van der Waals surface area contributed by atoms with E-state index in [1.165, 1.54) is 0 Å². The first-order valence-electron chi connectivity index (χ1n) is 6.84. The molecule has 1 N–H and O–H groups in total. The summed E-state index contributed by atoms with van der Waals surface area (Å²) in [6, 6.07) is 7.24. The van der Waals surface area contributed by atoms with E-state index in [2.05, 4.69) is 12.2 Å². The number of hydrogen-bond donors (Lipinski definition) is 1. The van der Waals surface area contributed by atoms with E-state index in [4.69, 9.17) is 0 Å². The van der Waals surface area contributed by atoms with Crippen LogP contribution >= 0.6 is 11.8 Å². The van der Waals surface area contributed by atoms with Gasteiger partial charge in [-0.1, -0.05) is 19.1 Å². The van der Waals surface area contributed by atoms with Gasteiger partial charge in [0.25, 0.3) is 0 Å². The average molecular weight is 314 g/mol. The van der Waals surface area contributed by atoms with E-state index in [1.54, 1.807) is 16.4 Å². The van der Waals surface area contributed by atoms with E-state index in [-0.39, 0.29) is 6.04 Å². The topological polar surface area (TPSA) is 49.4 Å². The van der Waals surface area contributed by atoms with E-state index in [0.717, 1.165) is 11.3 Å². The normalized spacial score (nSPS) is 24.8. The molecule has 2 atom stereocenters. The number of benzene rings is 1. The molecule has 2 unspecified atom stereocenters. The number of nitrogens with zero attached hydrogens (tertiary/aromatic N) is 1. The highest BCUT2D eigenvalue weighted by Gasteiger charge is 2.34. The second-order valence-corrected chi connectivity index (χ2v) is 8.49. The van der Waals surface area contributed by atoms with Crippen LogP contribution in [0.4, 0.5) is 0 Å². The molecule has 6 heteroatoms. The molecule has 1 aromatic carbocycles.